The molecule has 0 saturated carbocycles. The minimum atomic E-state index is 0.604. The molecule has 0 heterocycles. The average molecular weight is 282 g/mol. The van der Waals surface area contributed by atoms with Crippen LogP contribution in [0.5, 0.6) is 5.75 Å². The fourth-order valence-electron chi connectivity index (χ4n) is 2.39. The molecule has 0 amide bonds. The van der Waals surface area contributed by atoms with Gasteiger partial charge in [-0.2, -0.15) is 0 Å². The molecule has 2 rings (SSSR count). The molecule has 2 nitrogen and oxygen atoms in total. The molecule has 2 heteroatoms. The summed E-state index contributed by atoms with van der Waals surface area (Å²) in [5.41, 5.74) is 9.57. The van der Waals surface area contributed by atoms with Gasteiger partial charge in [-0.3, -0.25) is 0 Å². The fraction of sp³-hybridized carbons (Fsp3) is 0.316. The topological polar surface area (TPSA) is 35.2 Å². The third-order valence-electron chi connectivity index (χ3n) is 3.52. The lowest BCUT2D eigenvalue weighted by Gasteiger charge is -2.09. The molecular weight excluding hydrogens is 258 g/mol. The van der Waals surface area contributed by atoms with E-state index < -0.39 is 0 Å². The molecule has 0 fully saturated rings. The van der Waals surface area contributed by atoms with Crippen molar-refractivity contribution in [3.63, 3.8) is 0 Å². The Morgan fingerprint density at radius 2 is 1.71 bits per heavy atom. The average Bonchev–Trinajstić information content (AvgIpc) is 2.54. The molecule has 2 aromatic carbocycles. The maximum Gasteiger partial charge on any atom is 0.119 e. The highest BCUT2D eigenvalue weighted by atomic mass is 16.5. The smallest absolute Gasteiger partial charge is 0.119 e. The second kappa shape index (κ2) is 8.48. The predicted octanol–water partition coefficient (Wildman–Crippen LogP) is 4.12. The second-order valence-corrected chi connectivity index (χ2v) is 5.11. The lowest BCUT2D eigenvalue weighted by molar-refractivity contribution is 0.311. The molecule has 111 valence electrons. The summed E-state index contributed by atoms with van der Waals surface area (Å²) in [5, 5.41) is 0. The standard InChI is InChI=1S/C19H24NO/c1-2-6-16-10-12-19(13-11-16)21-14-5-9-17-7-3-4-8-18(17)15-20/h3-4,6-8,10-13H,2,5,9,14-15,20H2,1H3. The Hall–Kier alpha value is -1.80. The Balaban J connectivity index is 1.76. The Kier molecular flexibility index (Phi) is 6.29. The zero-order valence-corrected chi connectivity index (χ0v) is 12.7. The van der Waals surface area contributed by atoms with E-state index in [1.54, 1.807) is 0 Å². The Bertz CT molecular complexity index is 534. The summed E-state index contributed by atoms with van der Waals surface area (Å²) in [7, 11) is 0. The minimum absolute atomic E-state index is 0.604. The first kappa shape index (κ1) is 15.6. The van der Waals surface area contributed by atoms with Crippen molar-refractivity contribution in [2.75, 3.05) is 6.61 Å². The van der Waals surface area contributed by atoms with E-state index in [9.17, 15) is 0 Å². The van der Waals surface area contributed by atoms with Gasteiger partial charge < -0.3 is 10.5 Å². The van der Waals surface area contributed by atoms with Crippen molar-refractivity contribution in [3.8, 4) is 5.75 Å². The van der Waals surface area contributed by atoms with Crippen LogP contribution >= 0.6 is 0 Å². The van der Waals surface area contributed by atoms with E-state index in [1.807, 2.05) is 18.2 Å². The Labute approximate surface area is 127 Å². The van der Waals surface area contributed by atoms with E-state index in [2.05, 4.69) is 43.7 Å². The minimum Gasteiger partial charge on any atom is -0.494 e. The molecule has 1 radical (unpaired) electrons. The Morgan fingerprint density at radius 3 is 2.38 bits per heavy atom. The van der Waals surface area contributed by atoms with Crippen molar-refractivity contribution in [2.24, 2.45) is 5.73 Å². The van der Waals surface area contributed by atoms with Crippen LogP contribution in [0.1, 0.15) is 36.5 Å². The van der Waals surface area contributed by atoms with Gasteiger partial charge in [-0.05, 0) is 54.5 Å². The molecule has 0 aromatic heterocycles. The van der Waals surface area contributed by atoms with Crippen LogP contribution in [0, 0.1) is 6.42 Å². The SMILES string of the molecule is CC[CH]c1ccc(OCCCc2ccccc2CN)cc1. The lowest BCUT2D eigenvalue weighted by atomic mass is 10.0. The first-order chi connectivity index (χ1) is 10.3. The number of ether oxygens (including phenoxy) is 1. The maximum atomic E-state index is 5.79. The molecule has 0 spiro atoms. The van der Waals surface area contributed by atoms with E-state index in [4.69, 9.17) is 10.5 Å². The summed E-state index contributed by atoms with van der Waals surface area (Å²) >= 11 is 0. The van der Waals surface area contributed by atoms with Gasteiger partial charge in [0.2, 0.25) is 0 Å². The molecule has 0 atom stereocenters. The maximum absolute atomic E-state index is 5.79. The van der Waals surface area contributed by atoms with Crippen molar-refractivity contribution in [1.82, 2.24) is 0 Å². The third kappa shape index (κ3) is 4.91. The largest absolute Gasteiger partial charge is 0.494 e. The van der Waals surface area contributed by atoms with Crippen LogP contribution < -0.4 is 10.5 Å². The zero-order valence-electron chi connectivity index (χ0n) is 12.7. The quantitative estimate of drug-likeness (QED) is 0.739. The number of nitrogens with two attached hydrogens (primary N) is 1. The van der Waals surface area contributed by atoms with E-state index in [0.717, 1.165) is 31.6 Å². The van der Waals surface area contributed by atoms with Crippen molar-refractivity contribution < 1.29 is 4.74 Å². The number of hydrogen-bond acceptors (Lipinski definition) is 2. The summed E-state index contributed by atoms with van der Waals surface area (Å²) in [4.78, 5) is 0. The summed E-state index contributed by atoms with van der Waals surface area (Å²) < 4.78 is 5.79. The molecule has 2 aromatic rings. The van der Waals surface area contributed by atoms with E-state index >= 15 is 0 Å². The Morgan fingerprint density at radius 1 is 1.00 bits per heavy atom. The van der Waals surface area contributed by atoms with Gasteiger partial charge >= 0.3 is 0 Å². The predicted molar refractivity (Wildman–Crippen MR) is 88.3 cm³/mol. The monoisotopic (exact) mass is 282 g/mol. The third-order valence-corrected chi connectivity index (χ3v) is 3.52. The number of rotatable bonds is 8. The number of benzene rings is 2. The number of hydrogen-bond donors (Lipinski definition) is 1. The molecule has 0 bridgehead atoms. The van der Waals surface area contributed by atoms with Crippen LogP contribution in [0.2, 0.25) is 0 Å². The highest BCUT2D eigenvalue weighted by Crippen LogP contribution is 2.15. The van der Waals surface area contributed by atoms with E-state index in [-0.39, 0.29) is 0 Å². The first-order valence-electron chi connectivity index (χ1n) is 7.66. The first-order valence-corrected chi connectivity index (χ1v) is 7.66. The van der Waals surface area contributed by atoms with Crippen LogP contribution in [0.3, 0.4) is 0 Å². The normalized spacial score (nSPS) is 10.6. The molecule has 0 unspecified atom stereocenters. The summed E-state index contributed by atoms with van der Waals surface area (Å²) in [6, 6.07) is 16.6. The molecule has 0 aliphatic carbocycles. The van der Waals surface area contributed by atoms with Crippen LogP contribution in [0.25, 0.3) is 0 Å². The van der Waals surface area contributed by atoms with E-state index in [1.165, 1.54) is 16.7 Å². The lowest BCUT2D eigenvalue weighted by Crippen LogP contribution is -2.04. The fourth-order valence-corrected chi connectivity index (χ4v) is 2.39. The van der Waals surface area contributed by atoms with Crippen LogP contribution in [0.15, 0.2) is 48.5 Å². The highest BCUT2D eigenvalue weighted by molar-refractivity contribution is 5.31. The van der Waals surface area contributed by atoms with Crippen LogP contribution in [0.4, 0.5) is 0 Å². The van der Waals surface area contributed by atoms with Crippen molar-refractivity contribution >= 4 is 0 Å². The molecular formula is C19H24NO. The highest BCUT2D eigenvalue weighted by Gasteiger charge is 2.00. The van der Waals surface area contributed by atoms with Crippen molar-refractivity contribution in [3.05, 3.63) is 71.6 Å². The molecule has 0 aliphatic rings. The summed E-state index contributed by atoms with van der Waals surface area (Å²) in [6.07, 6.45) is 5.27. The van der Waals surface area contributed by atoms with Crippen molar-refractivity contribution in [1.29, 1.82) is 0 Å². The molecule has 0 saturated heterocycles. The van der Waals surface area contributed by atoms with Crippen LogP contribution in [-0.4, -0.2) is 6.61 Å². The van der Waals surface area contributed by atoms with Gasteiger partial charge in [0, 0.05) is 6.54 Å². The van der Waals surface area contributed by atoms with Crippen molar-refractivity contribution in [2.45, 2.75) is 32.7 Å². The van der Waals surface area contributed by atoms with Gasteiger partial charge in [0.15, 0.2) is 0 Å². The van der Waals surface area contributed by atoms with Gasteiger partial charge in [0.25, 0.3) is 0 Å². The van der Waals surface area contributed by atoms with Gasteiger partial charge in [0.1, 0.15) is 5.75 Å². The van der Waals surface area contributed by atoms with Crippen LogP contribution in [-0.2, 0) is 13.0 Å². The van der Waals surface area contributed by atoms with Gasteiger partial charge in [-0.25, -0.2) is 0 Å². The summed E-state index contributed by atoms with van der Waals surface area (Å²) in [6.45, 7) is 3.48. The van der Waals surface area contributed by atoms with Gasteiger partial charge in [-0.15, -0.1) is 0 Å². The summed E-state index contributed by atoms with van der Waals surface area (Å²) in [5.74, 6) is 0.940. The van der Waals surface area contributed by atoms with Gasteiger partial charge in [-0.1, -0.05) is 43.3 Å². The molecule has 21 heavy (non-hydrogen) atoms. The number of aryl methyl sites for hydroxylation is 1. The molecule has 2 N–H and O–H groups in total. The molecule has 0 aliphatic heterocycles. The van der Waals surface area contributed by atoms with E-state index in [0.29, 0.717) is 6.54 Å². The zero-order chi connectivity index (χ0) is 14.9. The second-order valence-electron chi connectivity index (χ2n) is 5.11. The van der Waals surface area contributed by atoms with Gasteiger partial charge in [0.05, 0.1) is 6.61 Å².